The highest BCUT2D eigenvalue weighted by atomic mass is 15.3. The monoisotopic (exact) mass is 276 g/mol. The van der Waals surface area contributed by atoms with Crippen molar-refractivity contribution in [1.29, 1.82) is 0 Å². The first-order valence-corrected chi connectivity index (χ1v) is 7.07. The van der Waals surface area contributed by atoms with Crippen LogP contribution in [0, 0.1) is 0 Å². The quantitative estimate of drug-likeness (QED) is 0.796. The van der Waals surface area contributed by atoms with Crippen LogP contribution in [0.4, 0.5) is 5.82 Å². The molecule has 2 aromatic rings. The van der Waals surface area contributed by atoms with Gasteiger partial charge in [-0.1, -0.05) is 6.92 Å². The Kier molecular flexibility index (Phi) is 4.54. The molecule has 0 bridgehead atoms. The Morgan fingerprint density at radius 3 is 2.55 bits per heavy atom. The Balaban J connectivity index is 2.39. The Morgan fingerprint density at radius 1 is 1.15 bits per heavy atom. The van der Waals surface area contributed by atoms with Crippen LogP contribution in [0.15, 0.2) is 6.20 Å². The molecule has 2 rings (SSSR count). The fourth-order valence-electron chi connectivity index (χ4n) is 2.13. The van der Waals surface area contributed by atoms with Crippen LogP contribution in [0.1, 0.15) is 19.2 Å². The van der Waals surface area contributed by atoms with Crippen molar-refractivity contribution in [3.63, 3.8) is 0 Å². The van der Waals surface area contributed by atoms with Gasteiger partial charge in [-0.2, -0.15) is 5.10 Å². The summed E-state index contributed by atoms with van der Waals surface area (Å²) in [6.45, 7) is 4.07. The lowest BCUT2D eigenvalue weighted by molar-refractivity contribution is 0.416. The first-order valence-electron chi connectivity index (χ1n) is 7.07. The zero-order chi connectivity index (χ0) is 14.7. The fraction of sp³-hybridized carbons (Fsp3) is 0.643. The summed E-state index contributed by atoms with van der Waals surface area (Å²) in [5.41, 5.74) is 0.912. The van der Waals surface area contributed by atoms with Gasteiger partial charge in [-0.15, -0.1) is 0 Å². The highest BCUT2D eigenvalue weighted by Gasteiger charge is 2.14. The van der Waals surface area contributed by atoms with Gasteiger partial charge in [0, 0.05) is 33.6 Å². The van der Waals surface area contributed by atoms with E-state index >= 15 is 0 Å². The Bertz CT molecular complexity index is 574. The zero-order valence-corrected chi connectivity index (χ0v) is 13.1. The topological polar surface area (TPSA) is 50.1 Å². The summed E-state index contributed by atoms with van der Waals surface area (Å²) in [6.07, 6.45) is 3.80. The van der Waals surface area contributed by atoms with Crippen LogP contribution in [0.2, 0.25) is 0 Å². The van der Waals surface area contributed by atoms with Crippen molar-refractivity contribution in [2.24, 2.45) is 7.05 Å². The molecular formula is C14H24N6. The molecule has 0 saturated carbocycles. The summed E-state index contributed by atoms with van der Waals surface area (Å²) in [5, 5.41) is 5.33. The predicted molar refractivity (Wildman–Crippen MR) is 82.1 cm³/mol. The minimum absolute atomic E-state index is 0.898. The van der Waals surface area contributed by atoms with Gasteiger partial charge in [-0.3, -0.25) is 4.68 Å². The van der Waals surface area contributed by atoms with Gasteiger partial charge >= 0.3 is 0 Å². The van der Waals surface area contributed by atoms with Gasteiger partial charge in [-0.25, -0.2) is 9.97 Å². The Hall–Kier alpha value is -1.69. The molecule has 0 aliphatic carbocycles. The van der Waals surface area contributed by atoms with E-state index in [2.05, 4.69) is 47.9 Å². The molecule has 0 N–H and O–H groups in total. The van der Waals surface area contributed by atoms with E-state index in [9.17, 15) is 0 Å². The second kappa shape index (κ2) is 6.17. The fourth-order valence-corrected chi connectivity index (χ4v) is 2.13. The number of hydrogen-bond donors (Lipinski definition) is 0. The second-order valence-electron chi connectivity index (χ2n) is 5.44. The van der Waals surface area contributed by atoms with E-state index in [4.69, 9.17) is 4.98 Å². The standard InChI is InChI=1S/C14H24N6/c1-6-7-12-16-13(19(4)9-8-18(2)3)11-10-15-20(5)14(11)17-12/h10H,6-9H2,1-5H3. The molecule has 0 aliphatic rings. The molecule has 0 saturated heterocycles. The molecule has 20 heavy (non-hydrogen) atoms. The smallest absolute Gasteiger partial charge is 0.163 e. The summed E-state index contributed by atoms with van der Waals surface area (Å²) in [6, 6.07) is 0. The zero-order valence-electron chi connectivity index (χ0n) is 13.1. The average Bonchev–Trinajstić information content (AvgIpc) is 2.77. The van der Waals surface area contributed by atoms with E-state index in [1.165, 1.54) is 0 Å². The number of aromatic nitrogens is 4. The third-order valence-electron chi connectivity index (χ3n) is 3.34. The number of rotatable bonds is 6. The minimum Gasteiger partial charge on any atom is -0.358 e. The van der Waals surface area contributed by atoms with E-state index in [1.807, 2.05) is 17.9 Å². The molecule has 0 aliphatic heterocycles. The third-order valence-corrected chi connectivity index (χ3v) is 3.34. The maximum Gasteiger partial charge on any atom is 0.163 e. The van der Waals surface area contributed by atoms with E-state index in [1.54, 1.807) is 0 Å². The number of fused-ring (bicyclic) bond motifs is 1. The molecule has 0 atom stereocenters. The van der Waals surface area contributed by atoms with Crippen LogP contribution >= 0.6 is 0 Å². The first kappa shape index (κ1) is 14.7. The predicted octanol–water partition coefficient (Wildman–Crippen LogP) is 1.31. The molecule has 110 valence electrons. The van der Waals surface area contributed by atoms with Gasteiger partial charge in [0.15, 0.2) is 5.65 Å². The van der Waals surface area contributed by atoms with Crippen LogP contribution < -0.4 is 4.90 Å². The number of anilines is 1. The van der Waals surface area contributed by atoms with Crippen molar-refractivity contribution in [1.82, 2.24) is 24.6 Å². The number of aryl methyl sites for hydroxylation is 2. The highest BCUT2D eigenvalue weighted by molar-refractivity contribution is 5.86. The van der Waals surface area contributed by atoms with Gasteiger partial charge in [0.25, 0.3) is 0 Å². The van der Waals surface area contributed by atoms with Gasteiger partial charge in [-0.05, 0) is 20.5 Å². The minimum atomic E-state index is 0.898. The molecule has 0 aromatic carbocycles. The molecular weight excluding hydrogens is 252 g/mol. The molecule has 6 nitrogen and oxygen atoms in total. The van der Waals surface area contributed by atoms with Crippen molar-refractivity contribution < 1.29 is 0 Å². The van der Waals surface area contributed by atoms with E-state index in [0.717, 1.165) is 48.6 Å². The molecule has 0 spiro atoms. The van der Waals surface area contributed by atoms with E-state index < -0.39 is 0 Å². The maximum atomic E-state index is 4.72. The number of nitrogens with zero attached hydrogens (tertiary/aromatic N) is 6. The number of likely N-dealkylation sites (N-methyl/N-ethyl adjacent to an activating group) is 2. The summed E-state index contributed by atoms with van der Waals surface area (Å²) in [7, 11) is 8.16. The molecule has 0 fully saturated rings. The summed E-state index contributed by atoms with van der Waals surface area (Å²) in [5.74, 6) is 1.88. The Labute approximate surface area is 120 Å². The third kappa shape index (κ3) is 3.07. The lowest BCUT2D eigenvalue weighted by Crippen LogP contribution is -2.29. The lowest BCUT2D eigenvalue weighted by Gasteiger charge is -2.21. The molecule has 0 unspecified atom stereocenters. The van der Waals surface area contributed by atoms with Crippen molar-refractivity contribution in [2.45, 2.75) is 19.8 Å². The van der Waals surface area contributed by atoms with Gasteiger partial charge in [0.1, 0.15) is 11.6 Å². The van der Waals surface area contributed by atoms with Gasteiger partial charge in [0.05, 0.1) is 11.6 Å². The van der Waals surface area contributed by atoms with Crippen molar-refractivity contribution in [3.8, 4) is 0 Å². The van der Waals surface area contributed by atoms with Crippen LogP contribution in [0.3, 0.4) is 0 Å². The highest BCUT2D eigenvalue weighted by Crippen LogP contribution is 2.22. The summed E-state index contributed by atoms with van der Waals surface area (Å²) < 4.78 is 1.82. The van der Waals surface area contributed by atoms with Crippen molar-refractivity contribution in [3.05, 3.63) is 12.0 Å². The van der Waals surface area contributed by atoms with Crippen LogP contribution in [0.5, 0.6) is 0 Å². The lowest BCUT2D eigenvalue weighted by atomic mass is 10.3. The summed E-state index contributed by atoms with van der Waals surface area (Å²) >= 11 is 0. The van der Waals surface area contributed by atoms with Crippen LogP contribution in [-0.4, -0.2) is 58.9 Å². The second-order valence-corrected chi connectivity index (χ2v) is 5.44. The normalized spacial score (nSPS) is 11.5. The SMILES string of the molecule is CCCc1nc(N(C)CCN(C)C)c2cnn(C)c2n1. The largest absolute Gasteiger partial charge is 0.358 e. The van der Waals surface area contributed by atoms with Crippen molar-refractivity contribution >= 4 is 16.9 Å². The molecule has 0 radical (unpaired) electrons. The van der Waals surface area contributed by atoms with Crippen molar-refractivity contribution in [2.75, 3.05) is 39.1 Å². The summed E-state index contributed by atoms with van der Waals surface area (Å²) in [4.78, 5) is 13.7. The molecule has 0 amide bonds. The maximum absolute atomic E-state index is 4.72. The van der Waals surface area contributed by atoms with E-state index in [-0.39, 0.29) is 0 Å². The average molecular weight is 276 g/mol. The first-order chi connectivity index (χ1) is 9.52. The molecule has 2 heterocycles. The van der Waals surface area contributed by atoms with Crippen LogP contribution in [0.25, 0.3) is 11.0 Å². The number of hydrogen-bond acceptors (Lipinski definition) is 5. The molecule has 2 aromatic heterocycles. The van der Waals surface area contributed by atoms with E-state index in [0.29, 0.717) is 0 Å². The van der Waals surface area contributed by atoms with Gasteiger partial charge in [0.2, 0.25) is 0 Å². The Morgan fingerprint density at radius 2 is 1.90 bits per heavy atom. The molecule has 6 heteroatoms. The van der Waals surface area contributed by atoms with Gasteiger partial charge < -0.3 is 9.80 Å². The van der Waals surface area contributed by atoms with Crippen LogP contribution in [-0.2, 0) is 13.5 Å².